The molecule has 0 aromatic heterocycles. The van der Waals surface area contributed by atoms with Crippen LogP contribution in [0, 0.1) is 0 Å². The summed E-state index contributed by atoms with van der Waals surface area (Å²) in [6, 6.07) is 17.8. The van der Waals surface area contributed by atoms with E-state index in [2.05, 4.69) is 26.2 Å². The van der Waals surface area contributed by atoms with Gasteiger partial charge >= 0.3 is 0 Å². The zero-order chi connectivity index (χ0) is 28.6. The average molecular weight is 645 g/mol. The lowest BCUT2D eigenvalue weighted by Gasteiger charge is -2.14. The predicted molar refractivity (Wildman–Crippen MR) is 164 cm³/mol. The number of hydrogen-bond acceptors (Lipinski definition) is 7. The highest BCUT2D eigenvalue weighted by Crippen LogP contribution is 2.37. The van der Waals surface area contributed by atoms with Gasteiger partial charge in [0.15, 0.2) is 23.3 Å². The van der Waals surface area contributed by atoms with Crippen LogP contribution < -0.4 is 19.5 Å². The Labute approximate surface area is 250 Å². The van der Waals surface area contributed by atoms with E-state index in [4.69, 9.17) is 25.8 Å². The summed E-state index contributed by atoms with van der Waals surface area (Å²) in [6.07, 6.45) is 1.79. The van der Waals surface area contributed by atoms with Crippen molar-refractivity contribution in [1.29, 1.82) is 0 Å². The molecular formula is C29H27BrClN3O5S. The fourth-order valence-corrected chi connectivity index (χ4v) is 5.25. The molecule has 0 atom stereocenters. The molecule has 0 saturated carbocycles. The third-order valence-corrected chi connectivity index (χ3v) is 7.88. The molecule has 4 rings (SSSR count). The summed E-state index contributed by atoms with van der Waals surface area (Å²) in [5.74, 6) is 0.945. The molecule has 0 spiro atoms. The largest absolute Gasteiger partial charge is 0.495 e. The molecule has 3 aromatic rings. The number of methoxy groups -OCH3 is 1. The van der Waals surface area contributed by atoms with Gasteiger partial charge in [0.25, 0.3) is 11.8 Å². The molecule has 0 aliphatic carbocycles. The van der Waals surface area contributed by atoms with Crippen LogP contribution in [0.15, 0.2) is 75.0 Å². The van der Waals surface area contributed by atoms with E-state index in [0.717, 1.165) is 10.0 Å². The van der Waals surface area contributed by atoms with Gasteiger partial charge in [-0.1, -0.05) is 29.8 Å². The molecule has 0 radical (unpaired) electrons. The van der Waals surface area contributed by atoms with Crippen LogP contribution in [0.3, 0.4) is 0 Å². The molecule has 0 unspecified atom stereocenters. The van der Waals surface area contributed by atoms with E-state index in [9.17, 15) is 9.59 Å². The van der Waals surface area contributed by atoms with Gasteiger partial charge in [0.05, 0.1) is 35.0 Å². The van der Waals surface area contributed by atoms with E-state index in [-0.39, 0.29) is 18.4 Å². The van der Waals surface area contributed by atoms with E-state index < -0.39 is 0 Å². The Balaban J connectivity index is 1.50. The molecule has 1 aliphatic rings. The molecule has 1 N–H and O–H groups in total. The van der Waals surface area contributed by atoms with Crippen molar-refractivity contribution in [1.82, 2.24) is 4.90 Å². The molecule has 0 bridgehead atoms. The molecule has 1 aliphatic heterocycles. The smallest absolute Gasteiger partial charge is 0.266 e. The third-order valence-electron chi connectivity index (χ3n) is 5.64. The van der Waals surface area contributed by atoms with Crippen molar-refractivity contribution < 1.29 is 23.8 Å². The average Bonchev–Trinajstić information content (AvgIpc) is 3.23. The number of hydrogen-bond donors (Lipinski definition) is 1. The molecule has 208 valence electrons. The van der Waals surface area contributed by atoms with E-state index in [1.54, 1.807) is 53.4 Å². The van der Waals surface area contributed by atoms with E-state index in [1.165, 1.54) is 18.9 Å². The number of benzene rings is 3. The fourth-order valence-electron chi connectivity index (χ4n) is 3.77. The van der Waals surface area contributed by atoms with Gasteiger partial charge in [0.2, 0.25) is 0 Å². The molecule has 3 aromatic carbocycles. The number of likely N-dealkylation sites (N-methyl/N-ethyl adjacent to an activating group) is 1. The maximum atomic E-state index is 13.1. The molecule has 2 amide bonds. The molecule has 1 fully saturated rings. The number of rotatable bonds is 10. The Morgan fingerprint density at radius 1 is 1.07 bits per heavy atom. The van der Waals surface area contributed by atoms with Gasteiger partial charge in [-0.05, 0) is 95.6 Å². The number of amidine groups is 1. The first kappa shape index (κ1) is 29.5. The number of aliphatic imine (C=N–C) groups is 1. The van der Waals surface area contributed by atoms with Crippen molar-refractivity contribution in [2.75, 3.05) is 32.2 Å². The number of carbonyl (C=O) groups excluding carboxylic acids is 2. The Kier molecular flexibility index (Phi) is 10.1. The Morgan fingerprint density at radius 3 is 2.60 bits per heavy atom. The number of anilines is 1. The number of para-hydroxylation sites is 2. The van der Waals surface area contributed by atoms with Crippen LogP contribution in [0.4, 0.5) is 11.4 Å². The van der Waals surface area contributed by atoms with Crippen molar-refractivity contribution in [3.05, 3.63) is 80.6 Å². The minimum atomic E-state index is -0.343. The number of carbonyl (C=O) groups is 2. The summed E-state index contributed by atoms with van der Waals surface area (Å²) in [6.45, 7) is 4.40. The highest BCUT2D eigenvalue weighted by atomic mass is 79.9. The van der Waals surface area contributed by atoms with Crippen LogP contribution in [0.1, 0.15) is 19.4 Å². The standard InChI is InChI=1S/C29H27BrClN3O5S/c1-4-34-28(36)26(40-29(34)32-19-11-12-20(30)21(31)16-19)15-18-10-13-24(25(14-18)38-5-2)39-17-27(35)33-22-8-6-7-9-23(22)37-3/h6-16H,4-5,17H2,1-3H3,(H,33,35)/b26-15-,32-29?. The number of thioether (sulfide) groups is 1. The first-order valence-electron chi connectivity index (χ1n) is 12.4. The zero-order valence-corrected chi connectivity index (χ0v) is 25.2. The van der Waals surface area contributed by atoms with Crippen LogP contribution in [-0.4, -0.2) is 48.8 Å². The molecule has 1 saturated heterocycles. The summed E-state index contributed by atoms with van der Waals surface area (Å²) in [5, 5.41) is 3.89. The number of nitrogens with one attached hydrogen (secondary N) is 1. The van der Waals surface area contributed by atoms with Crippen molar-refractivity contribution in [3.63, 3.8) is 0 Å². The fraction of sp³-hybridized carbons (Fsp3) is 0.207. The molecule has 40 heavy (non-hydrogen) atoms. The summed E-state index contributed by atoms with van der Waals surface area (Å²) < 4.78 is 17.6. The second-order valence-electron chi connectivity index (χ2n) is 8.33. The van der Waals surface area contributed by atoms with Crippen molar-refractivity contribution in [2.24, 2.45) is 4.99 Å². The van der Waals surface area contributed by atoms with Crippen molar-refractivity contribution in [3.8, 4) is 17.2 Å². The maximum absolute atomic E-state index is 13.1. The van der Waals surface area contributed by atoms with Gasteiger partial charge in [0.1, 0.15) is 5.75 Å². The highest BCUT2D eigenvalue weighted by Gasteiger charge is 2.32. The lowest BCUT2D eigenvalue weighted by Crippen LogP contribution is -2.28. The maximum Gasteiger partial charge on any atom is 0.266 e. The summed E-state index contributed by atoms with van der Waals surface area (Å²) in [7, 11) is 1.54. The topological polar surface area (TPSA) is 89.5 Å². The van der Waals surface area contributed by atoms with Crippen molar-refractivity contribution in [2.45, 2.75) is 13.8 Å². The van der Waals surface area contributed by atoms with Gasteiger partial charge < -0.3 is 19.5 Å². The Hall–Kier alpha value is -3.47. The lowest BCUT2D eigenvalue weighted by atomic mass is 10.2. The number of nitrogens with zero attached hydrogens (tertiary/aromatic N) is 2. The van der Waals surface area contributed by atoms with Crippen LogP contribution in [0.2, 0.25) is 5.02 Å². The highest BCUT2D eigenvalue weighted by molar-refractivity contribution is 9.10. The van der Waals surface area contributed by atoms with E-state index >= 15 is 0 Å². The quantitative estimate of drug-likeness (QED) is 0.236. The van der Waals surface area contributed by atoms with E-state index in [1.807, 2.05) is 32.0 Å². The van der Waals surface area contributed by atoms with Crippen LogP contribution in [-0.2, 0) is 9.59 Å². The first-order valence-corrected chi connectivity index (χ1v) is 14.4. The normalized spacial score (nSPS) is 15.0. The molecule has 1 heterocycles. The van der Waals surface area contributed by atoms with Gasteiger partial charge in [-0.3, -0.25) is 14.5 Å². The monoisotopic (exact) mass is 643 g/mol. The van der Waals surface area contributed by atoms with Crippen LogP contribution in [0.5, 0.6) is 17.2 Å². The zero-order valence-electron chi connectivity index (χ0n) is 22.1. The van der Waals surface area contributed by atoms with Crippen LogP contribution >= 0.6 is 39.3 Å². The van der Waals surface area contributed by atoms with Gasteiger partial charge in [-0.2, -0.15) is 0 Å². The number of ether oxygens (including phenoxy) is 3. The number of halogens is 2. The molecular weight excluding hydrogens is 618 g/mol. The summed E-state index contributed by atoms with van der Waals surface area (Å²) in [5.41, 5.74) is 1.95. The molecule has 11 heteroatoms. The van der Waals surface area contributed by atoms with Crippen molar-refractivity contribution >= 4 is 73.7 Å². The van der Waals surface area contributed by atoms with Gasteiger partial charge in [0, 0.05) is 11.0 Å². The Morgan fingerprint density at radius 2 is 1.88 bits per heavy atom. The minimum Gasteiger partial charge on any atom is -0.495 e. The minimum absolute atomic E-state index is 0.138. The van der Waals surface area contributed by atoms with Gasteiger partial charge in [-0.25, -0.2) is 4.99 Å². The Bertz CT molecular complexity index is 1480. The second kappa shape index (κ2) is 13.7. The number of amides is 2. The predicted octanol–water partition coefficient (Wildman–Crippen LogP) is 7.15. The lowest BCUT2D eigenvalue weighted by molar-refractivity contribution is -0.122. The molecule has 8 nitrogen and oxygen atoms in total. The SMILES string of the molecule is CCOc1cc(/C=C2\SC(=Nc3ccc(Br)c(Cl)c3)N(CC)C2=O)ccc1OCC(=O)Nc1ccccc1OC. The van der Waals surface area contributed by atoms with E-state index in [0.29, 0.717) is 56.9 Å². The van der Waals surface area contributed by atoms with Gasteiger partial charge in [-0.15, -0.1) is 0 Å². The third kappa shape index (κ3) is 7.18. The second-order valence-corrected chi connectivity index (χ2v) is 10.6. The summed E-state index contributed by atoms with van der Waals surface area (Å²) in [4.78, 5) is 32.4. The first-order chi connectivity index (χ1) is 19.3. The summed E-state index contributed by atoms with van der Waals surface area (Å²) >= 11 is 10.9. The van der Waals surface area contributed by atoms with Crippen LogP contribution in [0.25, 0.3) is 6.08 Å².